The molecule has 0 unspecified atom stereocenters. The van der Waals surface area contributed by atoms with E-state index in [-0.39, 0.29) is 22.3 Å². The van der Waals surface area contributed by atoms with E-state index < -0.39 is 10.0 Å². The Morgan fingerprint density at radius 1 is 1.07 bits per heavy atom. The summed E-state index contributed by atoms with van der Waals surface area (Å²) >= 11 is 3.28. The van der Waals surface area contributed by atoms with Crippen molar-refractivity contribution in [2.24, 2.45) is 0 Å². The van der Waals surface area contributed by atoms with Gasteiger partial charge in [-0.05, 0) is 37.3 Å². The Hall–Kier alpha value is -2.65. The molecule has 1 heterocycles. The van der Waals surface area contributed by atoms with Crippen molar-refractivity contribution in [3.8, 4) is 17.5 Å². The fraction of sp³-hybridized carbons (Fsp3) is 0.111. The van der Waals surface area contributed by atoms with Crippen LogP contribution in [-0.2, 0) is 10.0 Å². The number of ether oxygens (including phenoxy) is 2. The van der Waals surface area contributed by atoms with E-state index in [0.29, 0.717) is 16.8 Å². The Kier molecular flexibility index (Phi) is 5.92. The first kappa shape index (κ1) is 19.1. The molecule has 140 valence electrons. The van der Waals surface area contributed by atoms with Gasteiger partial charge in [0.1, 0.15) is 16.4 Å². The zero-order chi connectivity index (χ0) is 19.3. The predicted octanol–water partition coefficient (Wildman–Crippen LogP) is 4.23. The van der Waals surface area contributed by atoms with Gasteiger partial charge in [0.15, 0.2) is 0 Å². The number of anilines is 1. The highest BCUT2D eigenvalue weighted by atomic mass is 79.9. The zero-order valence-electron chi connectivity index (χ0n) is 14.3. The lowest BCUT2D eigenvalue weighted by Gasteiger charge is -2.13. The van der Waals surface area contributed by atoms with Gasteiger partial charge in [0.05, 0.1) is 24.7 Å². The second-order valence-electron chi connectivity index (χ2n) is 5.30. The maximum atomic E-state index is 12.7. The first-order valence-corrected chi connectivity index (χ1v) is 10.3. The summed E-state index contributed by atoms with van der Waals surface area (Å²) < 4.78 is 39.4. The minimum Gasteiger partial charge on any atom is -0.492 e. The van der Waals surface area contributed by atoms with Crippen molar-refractivity contribution in [2.75, 3.05) is 11.3 Å². The molecule has 0 radical (unpaired) electrons. The number of aromatic nitrogens is 2. The Balaban J connectivity index is 1.79. The molecule has 27 heavy (non-hydrogen) atoms. The smallest absolute Gasteiger partial charge is 0.322 e. The van der Waals surface area contributed by atoms with E-state index in [4.69, 9.17) is 9.47 Å². The fourth-order valence-electron chi connectivity index (χ4n) is 2.19. The maximum Gasteiger partial charge on any atom is 0.322 e. The minimum atomic E-state index is -3.89. The molecule has 0 aliphatic heterocycles. The predicted molar refractivity (Wildman–Crippen MR) is 105 cm³/mol. The molecule has 0 aliphatic carbocycles. The molecule has 0 spiro atoms. The van der Waals surface area contributed by atoms with Gasteiger partial charge in [-0.3, -0.25) is 4.72 Å². The summed E-state index contributed by atoms with van der Waals surface area (Å²) in [6.45, 7) is 2.13. The maximum absolute atomic E-state index is 12.7. The fourth-order valence-corrected chi connectivity index (χ4v) is 3.90. The summed E-state index contributed by atoms with van der Waals surface area (Å²) in [6, 6.07) is 13.9. The SMILES string of the molecule is CCOc1ccc(Br)cc1S(=O)(=O)Nc1cnc(Oc2ccccc2)nc1. The highest BCUT2D eigenvalue weighted by molar-refractivity contribution is 9.10. The molecule has 7 nitrogen and oxygen atoms in total. The van der Waals surface area contributed by atoms with Crippen molar-refractivity contribution in [3.63, 3.8) is 0 Å². The molecule has 1 aromatic heterocycles. The topological polar surface area (TPSA) is 90.4 Å². The van der Waals surface area contributed by atoms with Gasteiger partial charge in [-0.1, -0.05) is 34.1 Å². The molecule has 1 N–H and O–H groups in total. The van der Waals surface area contributed by atoms with E-state index in [2.05, 4.69) is 30.6 Å². The number of hydrogen-bond acceptors (Lipinski definition) is 6. The van der Waals surface area contributed by atoms with Crippen LogP contribution in [0.5, 0.6) is 17.5 Å². The number of nitrogens with zero attached hydrogens (tertiary/aromatic N) is 2. The number of benzene rings is 2. The zero-order valence-corrected chi connectivity index (χ0v) is 16.7. The van der Waals surface area contributed by atoms with Crippen LogP contribution >= 0.6 is 15.9 Å². The van der Waals surface area contributed by atoms with Gasteiger partial charge in [-0.15, -0.1) is 0 Å². The van der Waals surface area contributed by atoms with Crippen LogP contribution in [0.1, 0.15) is 6.92 Å². The number of nitrogens with one attached hydrogen (secondary N) is 1. The lowest BCUT2D eigenvalue weighted by Crippen LogP contribution is -2.15. The molecule has 0 aliphatic rings. The Bertz CT molecular complexity index is 1010. The van der Waals surface area contributed by atoms with Gasteiger partial charge < -0.3 is 9.47 Å². The molecular formula is C18H16BrN3O4S. The van der Waals surface area contributed by atoms with Crippen LogP contribution in [-0.4, -0.2) is 25.0 Å². The summed E-state index contributed by atoms with van der Waals surface area (Å²) in [7, 11) is -3.89. The second kappa shape index (κ2) is 8.36. The summed E-state index contributed by atoms with van der Waals surface area (Å²) in [5.41, 5.74) is 0.206. The molecule has 0 saturated carbocycles. The van der Waals surface area contributed by atoms with Crippen molar-refractivity contribution in [2.45, 2.75) is 11.8 Å². The van der Waals surface area contributed by atoms with E-state index in [1.54, 1.807) is 31.2 Å². The number of sulfonamides is 1. The second-order valence-corrected chi connectivity index (χ2v) is 7.87. The van der Waals surface area contributed by atoms with E-state index in [1.807, 2.05) is 18.2 Å². The van der Waals surface area contributed by atoms with E-state index in [9.17, 15) is 8.42 Å². The number of rotatable bonds is 7. The van der Waals surface area contributed by atoms with Crippen LogP contribution in [0.25, 0.3) is 0 Å². The van der Waals surface area contributed by atoms with Crippen molar-refractivity contribution >= 4 is 31.6 Å². The molecule has 2 aromatic carbocycles. The van der Waals surface area contributed by atoms with Gasteiger partial charge >= 0.3 is 6.01 Å². The molecule has 0 amide bonds. The first-order chi connectivity index (χ1) is 13.0. The largest absolute Gasteiger partial charge is 0.492 e. The van der Waals surface area contributed by atoms with Gasteiger partial charge in [0, 0.05) is 4.47 Å². The number of halogens is 1. The molecule has 3 aromatic rings. The number of hydrogen-bond donors (Lipinski definition) is 1. The average molecular weight is 450 g/mol. The third kappa shape index (κ3) is 4.95. The number of para-hydroxylation sites is 1. The molecule has 9 heteroatoms. The Morgan fingerprint density at radius 3 is 2.44 bits per heavy atom. The molecular weight excluding hydrogens is 434 g/mol. The molecule has 0 atom stereocenters. The monoisotopic (exact) mass is 449 g/mol. The van der Waals surface area contributed by atoms with Gasteiger partial charge in [0.2, 0.25) is 0 Å². The van der Waals surface area contributed by atoms with Crippen LogP contribution in [0.2, 0.25) is 0 Å². The lowest BCUT2D eigenvalue weighted by atomic mass is 10.3. The summed E-state index contributed by atoms with van der Waals surface area (Å²) in [5, 5.41) is 0. The van der Waals surface area contributed by atoms with Crippen LogP contribution in [0.4, 0.5) is 5.69 Å². The van der Waals surface area contributed by atoms with Crippen LogP contribution in [0.3, 0.4) is 0 Å². The molecule has 0 bridgehead atoms. The van der Waals surface area contributed by atoms with E-state index in [1.165, 1.54) is 18.5 Å². The Morgan fingerprint density at radius 2 is 1.78 bits per heavy atom. The van der Waals surface area contributed by atoms with Crippen LogP contribution < -0.4 is 14.2 Å². The van der Waals surface area contributed by atoms with Crippen molar-refractivity contribution < 1.29 is 17.9 Å². The quantitative estimate of drug-likeness (QED) is 0.580. The van der Waals surface area contributed by atoms with E-state index in [0.717, 1.165) is 0 Å². The minimum absolute atomic E-state index is 0.0170. The summed E-state index contributed by atoms with van der Waals surface area (Å²) in [5.74, 6) is 0.847. The highest BCUT2D eigenvalue weighted by Gasteiger charge is 2.21. The Labute approximate surface area is 165 Å². The van der Waals surface area contributed by atoms with Crippen LogP contribution in [0, 0.1) is 0 Å². The first-order valence-electron chi connectivity index (χ1n) is 7.98. The molecule has 3 rings (SSSR count). The molecule has 0 saturated heterocycles. The van der Waals surface area contributed by atoms with Gasteiger partial charge in [-0.25, -0.2) is 18.4 Å². The highest BCUT2D eigenvalue weighted by Crippen LogP contribution is 2.29. The molecule has 0 fully saturated rings. The van der Waals surface area contributed by atoms with Gasteiger partial charge in [0.25, 0.3) is 10.0 Å². The lowest BCUT2D eigenvalue weighted by molar-refractivity contribution is 0.331. The van der Waals surface area contributed by atoms with Gasteiger partial charge in [-0.2, -0.15) is 0 Å². The van der Waals surface area contributed by atoms with Crippen molar-refractivity contribution in [3.05, 3.63) is 65.4 Å². The van der Waals surface area contributed by atoms with Crippen molar-refractivity contribution in [1.82, 2.24) is 9.97 Å². The summed E-state index contributed by atoms with van der Waals surface area (Å²) in [4.78, 5) is 8.07. The summed E-state index contributed by atoms with van der Waals surface area (Å²) in [6.07, 6.45) is 2.67. The third-order valence-corrected chi connectivity index (χ3v) is 5.22. The van der Waals surface area contributed by atoms with E-state index >= 15 is 0 Å². The normalized spacial score (nSPS) is 11.0. The average Bonchev–Trinajstić information content (AvgIpc) is 2.65. The van der Waals surface area contributed by atoms with Crippen molar-refractivity contribution in [1.29, 1.82) is 0 Å². The third-order valence-electron chi connectivity index (χ3n) is 3.33. The standard InChI is InChI=1S/C18H16BrN3O4S/c1-2-25-16-9-8-13(19)10-17(16)27(23,24)22-14-11-20-18(21-12-14)26-15-6-4-3-5-7-15/h3-12,22H,2H2,1H3. The van der Waals surface area contributed by atoms with Crippen LogP contribution in [0.15, 0.2) is 70.3 Å².